The van der Waals surface area contributed by atoms with Gasteiger partial charge in [-0.1, -0.05) is 39.7 Å². The van der Waals surface area contributed by atoms with E-state index in [-0.39, 0.29) is 12.2 Å². The second kappa shape index (κ2) is 6.74. The number of benzene rings is 2. The Hall–Kier alpha value is -1.57. The van der Waals surface area contributed by atoms with Crippen molar-refractivity contribution in [1.29, 1.82) is 5.26 Å². The summed E-state index contributed by atoms with van der Waals surface area (Å²) < 4.78 is 19.5. The third-order valence-corrected chi connectivity index (χ3v) is 3.59. The predicted molar refractivity (Wildman–Crippen MR) is 79.5 cm³/mol. The van der Waals surface area contributed by atoms with E-state index in [1.807, 2.05) is 6.07 Å². The summed E-state index contributed by atoms with van der Waals surface area (Å²) in [6, 6.07) is 11.7. The van der Waals surface area contributed by atoms with Crippen molar-refractivity contribution in [2.45, 2.75) is 11.9 Å². The van der Waals surface area contributed by atoms with Gasteiger partial charge < -0.3 is 4.74 Å². The van der Waals surface area contributed by atoms with Crippen LogP contribution < -0.4 is 4.74 Å². The molecule has 0 atom stereocenters. The van der Waals surface area contributed by atoms with E-state index in [0.29, 0.717) is 21.7 Å². The molecule has 2 nitrogen and oxygen atoms in total. The van der Waals surface area contributed by atoms with Crippen LogP contribution in [0.1, 0.15) is 16.7 Å². The van der Waals surface area contributed by atoms with Gasteiger partial charge in [0.1, 0.15) is 24.2 Å². The standard InChI is InChI=1S/C15H10BrClFNO/c16-7-12-6-13(17)4-5-14(12)20-9-11-3-1-2-10(8-19)15(11)18/h1-6H,7,9H2. The summed E-state index contributed by atoms with van der Waals surface area (Å²) in [5, 5.41) is 9.99. The van der Waals surface area contributed by atoms with Crippen LogP contribution in [0.15, 0.2) is 36.4 Å². The monoisotopic (exact) mass is 353 g/mol. The highest BCUT2D eigenvalue weighted by molar-refractivity contribution is 9.08. The molecule has 2 aromatic rings. The Labute approximate surface area is 129 Å². The fourth-order valence-electron chi connectivity index (χ4n) is 1.73. The zero-order valence-corrected chi connectivity index (χ0v) is 12.7. The van der Waals surface area contributed by atoms with E-state index in [0.717, 1.165) is 5.56 Å². The second-order valence-corrected chi connectivity index (χ2v) is 5.06. The molecule has 0 spiro atoms. The third-order valence-electron chi connectivity index (χ3n) is 2.75. The van der Waals surface area contributed by atoms with Crippen molar-refractivity contribution < 1.29 is 9.13 Å². The molecule has 5 heteroatoms. The van der Waals surface area contributed by atoms with E-state index >= 15 is 0 Å². The minimum atomic E-state index is -0.538. The maximum Gasteiger partial charge on any atom is 0.147 e. The van der Waals surface area contributed by atoms with Gasteiger partial charge in [0.2, 0.25) is 0 Å². The zero-order chi connectivity index (χ0) is 14.5. The maximum absolute atomic E-state index is 13.9. The fraction of sp³-hybridized carbons (Fsp3) is 0.133. The van der Waals surface area contributed by atoms with Gasteiger partial charge in [-0.2, -0.15) is 5.26 Å². The molecule has 0 saturated heterocycles. The molecule has 0 amide bonds. The van der Waals surface area contributed by atoms with E-state index in [1.165, 1.54) is 6.07 Å². The van der Waals surface area contributed by atoms with E-state index in [2.05, 4.69) is 15.9 Å². The summed E-state index contributed by atoms with van der Waals surface area (Å²) in [4.78, 5) is 0. The van der Waals surface area contributed by atoms with Gasteiger partial charge in [0.15, 0.2) is 0 Å². The average molecular weight is 355 g/mol. The quantitative estimate of drug-likeness (QED) is 0.737. The molecule has 2 aromatic carbocycles. The number of nitrogens with zero attached hydrogens (tertiary/aromatic N) is 1. The van der Waals surface area contributed by atoms with Crippen molar-refractivity contribution in [2.75, 3.05) is 0 Å². The van der Waals surface area contributed by atoms with Gasteiger partial charge in [0, 0.05) is 21.5 Å². The Kier molecular flexibility index (Phi) is 4.99. The van der Waals surface area contributed by atoms with Gasteiger partial charge >= 0.3 is 0 Å². The number of hydrogen-bond donors (Lipinski definition) is 0. The van der Waals surface area contributed by atoms with Crippen molar-refractivity contribution in [2.24, 2.45) is 0 Å². The third kappa shape index (κ3) is 3.30. The number of hydrogen-bond acceptors (Lipinski definition) is 2. The van der Waals surface area contributed by atoms with Gasteiger partial charge in [-0.3, -0.25) is 0 Å². The summed E-state index contributed by atoms with van der Waals surface area (Å²) in [6.07, 6.45) is 0. The van der Waals surface area contributed by atoms with E-state index < -0.39 is 5.82 Å². The Morgan fingerprint density at radius 1 is 1.25 bits per heavy atom. The summed E-state index contributed by atoms with van der Waals surface area (Å²) in [7, 11) is 0. The molecule has 0 aliphatic rings. The molecule has 102 valence electrons. The lowest BCUT2D eigenvalue weighted by molar-refractivity contribution is 0.297. The Morgan fingerprint density at radius 3 is 2.75 bits per heavy atom. The minimum absolute atomic E-state index is 0.0166. The van der Waals surface area contributed by atoms with Crippen LogP contribution in [0.4, 0.5) is 4.39 Å². The predicted octanol–water partition coefficient (Wildman–Crippen LogP) is 4.82. The van der Waals surface area contributed by atoms with Crippen LogP contribution in [0, 0.1) is 17.1 Å². The van der Waals surface area contributed by atoms with Crippen molar-refractivity contribution in [3.8, 4) is 11.8 Å². The molecule has 0 aliphatic carbocycles. The highest BCUT2D eigenvalue weighted by Crippen LogP contribution is 2.26. The SMILES string of the molecule is N#Cc1cccc(COc2ccc(Cl)cc2CBr)c1F. The Balaban J connectivity index is 2.19. The molecule has 0 aliphatic heterocycles. The van der Waals surface area contributed by atoms with Gasteiger partial charge in [-0.15, -0.1) is 0 Å². The highest BCUT2D eigenvalue weighted by Gasteiger charge is 2.09. The van der Waals surface area contributed by atoms with Gasteiger partial charge in [0.25, 0.3) is 0 Å². The molecular weight excluding hydrogens is 345 g/mol. The molecule has 20 heavy (non-hydrogen) atoms. The first kappa shape index (κ1) is 14.8. The topological polar surface area (TPSA) is 33.0 Å². The normalized spacial score (nSPS) is 10.1. The number of alkyl halides is 1. The smallest absolute Gasteiger partial charge is 0.147 e. The molecule has 0 unspecified atom stereocenters. The summed E-state index contributed by atoms with van der Waals surface area (Å²) in [5.74, 6) is 0.0948. The first-order valence-electron chi connectivity index (χ1n) is 5.80. The first-order chi connectivity index (χ1) is 9.65. The van der Waals surface area contributed by atoms with E-state index in [4.69, 9.17) is 21.6 Å². The number of nitriles is 1. The fourth-order valence-corrected chi connectivity index (χ4v) is 2.36. The number of rotatable bonds is 4. The lowest BCUT2D eigenvalue weighted by atomic mass is 10.1. The summed E-state index contributed by atoms with van der Waals surface area (Å²) in [5.41, 5.74) is 1.25. The van der Waals surface area contributed by atoms with Crippen LogP contribution in [0.25, 0.3) is 0 Å². The van der Waals surface area contributed by atoms with Crippen molar-refractivity contribution in [1.82, 2.24) is 0 Å². The van der Waals surface area contributed by atoms with Crippen LogP contribution in [0.5, 0.6) is 5.75 Å². The molecule has 2 rings (SSSR count). The molecule has 0 radical (unpaired) electrons. The molecular formula is C15H10BrClFNO. The van der Waals surface area contributed by atoms with Crippen LogP contribution in [0.3, 0.4) is 0 Å². The lowest BCUT2D eigenvalue weighted by Gasteiger charge is -2.11. The minimum Gasteiger partial charge on any atom is -0.488 e. The largest absolute Gasteiger partial charge is 0.488 e. The second-order valence-electron chi connectivity index (χ2n) is 4.06. The molecule has 0 fully saturated rings. The first-order valence-corrected chi connectivity index (χ1v) is 7.30. The molecule has 0 saturated carbocycles. The van der Waals surface area contributed by atoms with Gasteiger partial charge in [-0.25, -0.2) is 4.39 Å². The van der Waals surface area contributed by atoms with Crippen LogP contribution in [0.2, 0.25) is 5.02 Å². The lowest BCUT2D eigenvalue weighted by Crippen LogP contribution is -2.01. The van der Waals surface area contributed by atoms with Crippen molar-refractivity contribution >= 4 is 27.5 Å². The van der Waals surface area contributed by atoms with E-state index in [1.54, 1.807) is 30.3 Å². The number of ether oxygens (including phenoxy) is 1. The molecule has 0 aromatic heterocycles. The van der Waals surface area contributed by atoms with Crippen LogP contribution in [-0.2, 0) is 11.9 Å². The van der Waals surface area contributed by atoms with Crippen LogP contribution in [-0.4, -0.2) is 0 Å². The van der Waals surface area contributed by atoms with Crippen molar-refractivity contribution in [3.05, 3.63) is 63.9 Å². The molecule has 0 N–H and O–H groups in total. The maximum atomic E-state index is 13.9. The Morgan fingerprint density at radius 2 is 2.05 bits per heavy atom. The van der Waals surface area contributed by atoms with Crippen LogP contribution >= 0.6 is 27.5 Å². The number of halogens is 3. The zero-order valence-electron chi connectivity index (χ0n) is 10.4. The molecule has 0 bridgehead atoms. The van der Waals surface area contributed by atoms with Gasteiger partial charge in [-0.05, 0) is 24.3 Å². The molecule has 0 heterocycles. The van der Waals surface area contributed by atoms with Crippen molar-refractivity contribution in [3.63, 3.8) is 0 Å². The highest BCUT2D eigenvalue weighted by atomic mass is 79.9. The summed E-state index contributed by atoms with van der Waals surface area (Å²) in [6.45, 7) is 0.0585. The summed E-state index contributed by atoms with van der Waals surface area (Å²) >= 11 is 9.26. The Bertz CT molecular complexity index is 669. The average Bonchev–Trinajstić information content (AvgIpc) is 2.47. The van der Waals surface area contributed by atoms with Gasteiger partial charge in [0.05, 0.1) is 5.56 Å². The van der Waals surface area contributed by atoms with E-state index in [9.17, 15) is 4.39 Å².